The van der Waals surface area contributed by atoms with Crippen LogP contribution in [-0.2, 0) is 14.3 Å². The van der Waals surface area contributed by atoms with Crippen LogP contribution in [0.5, 0.6) is 0 Å². The summed E-state index contributed by atoms with van der Waals surface area (Å²) >= 11 is 0. The summed E-state index contributed by atoms with van der Waals surface area (Å²) in [5.41, 5.74) is 0. The van der Waals surface area contributed by atoms with Crippen LogP contribution in [0.1, 0.15) is 90.9 Å². The molecule has 1 N–H and O–H groups in total. The normalized spacial score (nSPS) is 12.2. The van der Waals surface area contributed by atoms with Crippen molar-refractivity contribution in [1.82, 2.24) is 10.2 Å². The Morgan fingerprint density at radius 1 is 0.885 bits per heavy atom. The summed E-state index contributed by atoms with van der Waals surface area (Å²) in [7, 11) is 4.00. The van der Waals surface area contributed by atoms with Crippen LogP contribution in [-0.4, -0.2) is 50.1 Å². The Balaban J connectivity index is 3.91. The molecule has 0 aromatic heterocycles. The number of carbonyl (C=O) groups is 2. The smallest absolute Gasteiger partial charge is 0.328 e. The maximum Gasteiger partial charge on any atom is 0.328 e. The molecule has 0 spiro atoms. The summed E-state index contributed by atoms with van der Waals surface area (Å²) < 4.78 is 5.09. The van der Waals surface area contributed by atoms with Crippen molar-refractivity contribution in [3.63, 3.8) is 0 Å². The minimum absolute atomic E-state index is 0.0316. The van der Waals surface area contributed by atoms with Crippen molar-refractivity contribution in [2.75, 3.05) is 27.2 Å². The second-order valence-electron chi connectivity index (χ2n) is 7.40. The van der Waals surface area contributed by atoms with Crippen molar-refractivity contribution in [3.05, 3.63) is 0 Å². The maximum absolute atomic E-state index is 12.1. The second kappa shape index (κ2) is 17.3. The van der Waals surface area contributed by atoms with E-state index in [1.807, 2.05) is 14.1 Å². The predicted molar refractivity (Wildman–Crippen MR) is 108 cm³/mol. The zero-order valence-electron chi connectivity index (χ0n) is 17.6. The Labute approximate surface area is 161 Å². The number of hydrogen-bond acceptors (Lipinski definition) is 4. The molecule has 26 heavy (non-hydrogen) atoms. The Morgan fingerprint density at radius 3 is 2.00 bits per heavy atom. The van der Waals surface area contributed by atoms with Gasteiger partial charge in [0.2, 0.25) is 5.91 Å². The molecule has 154 valence electrons. The lowest BCUT2D eigenvalue weighted by atomic mass is 10.1. The number of hydrogen-bond donors (Lipinski definition) is 1. The zero-order chi connectivity index (χ0) is 19.6. The topological polar surface area (TPSA) is 58.6 Å². The summed E-state index contributed by atoms with van der Waals surface area (Å²) in [4.78, 5) is 26.2. The average molecular weight is 371 g/mol. The van der Waals surface area contributed by atoms with Crippen molar-refractivity contribution in [1.29, 1.82) is 0 Å². The number of nitrogens with zero attached hydrogens (tertiary/aromatic N) is 1. The number of carbonyl (C=O) groups excluding carboxylic acids is 2. The third-order valence-corrected chi connectivity index (χ3v) is 4.51. The molecule has 5 heteroatoms. The van der Waals surface area contributed by atoms with Gasteiger partial charge >= 0.3 is 5.97 Å². The second-order valence-corrected chi connectivity index (χ2v) is 7.40. The molecule has 0 heterocycles. The van der Waals surface area contributed by atoms with E-state index in [1.54, 1.807) is 6.92 Å². The van der Waals surface area contributed by atoms with Crippen LogP contribution in [0.15, 0.2) is 0 Å². The van der Waals surface area contributed by atoms with Gasteiger partial charge in [-0.25, -0.2) is 4.79 Å². The Kier molecular flexibility index (Phi) is 16.6. The van der Waals surface area contributed by atoms with Crippen molar-refractivity contribution in [3.8, 4) is 0 Å². The van der Waals surface area contributed by atoms with E-state index >= 15 is 0 Å². The minimum Gasteiger partial charge on any atom is -0.464 e. The summed E-state index contributed by atoms with van der Waals surface area (Å²) in [6.45, 7) is 5.26. The van der Waals surface area contributed by atoms with Crippen LogP contribution in [0.25, 0.3) is 0 Å². The van der Waals surface area contributed by atoms with Gasteiger partial charge < -0.3 is 15.0 Å². The minimum atomic E-state index is -0.513. The van der Waals surface area contributed by atoms with Gasteiger partial charge in [0, 0.05) is 6.42 Å². The first-order valence-electron chi connectivity index (χ1n) is 10.6. The summed E-state index contributed by atoms with van der Waals surface area (Å²) in [5.74, 6) is -0.345. The van der Waals surface area contributed by atoms with Crippen LogP contribution in [0.2, 0.25) is 0 Å². The fourth-order valence-electron chi connectivity index (χ4n) is 2.97. The average Bonchev–Trinajstić information content (AvgIpc) is 2.59. The lowest BCUT2D eigenvalue weighted by Gasteiger charge is -2.18. The highest BCUT2D eigenvalue weighted by Gasteiger charge is 2.21. The lowest BCUT2D eigenvalue weighted by molar-refractivity contribution is -0.147. The SMILES string of the molecule is CCCCCCCCCCCC(=O)NC(CCCN(C)C)C(=O)OCC. The molecular weight excluding hydrogens is 328 g/mol. The van der Waals surface area contributed by atoms with Gasteiger partial charge in [-0.15, -0.1) is 0 Å². The first-order valence-corrected chi connectivity index (χ1v) is 10.6. The van der Waals surface area contributed by atoms with Crippen LogP contribution in [0.3, 0.4) is 0 Å². The van der Waals surface area contributed by atoms with Gasteiger partial charge in [-0.1, -0.05) is 58.3 Å². The standard InChI is InChI=1S/C21H42N2O3/c1-5-7-8-9-10-11-12-13-14-17-20(24)22-19(21(25)26-6-2)16-15-18-23(3)4/h19H,5-18H2,1-4H3,(H,22,24). The molecule has 0 bridgehead atoms. The molecule has 1 unspecified atom stereocenters. The fraction of sp³-hybridized carbons (Fsp3) is 0.905. The number of ether oxygens (including phenoxy) is 1. The van der Waals surface area contributed by atoms with E-state index in [0.717, 1.165) is 25.8 Å². The number of esters is 1. The van der Waals surface area contributed by atoms with Gasteiger partial charge in [0.25, 0.3) is 0 Å². The highest BCUT2D eigenvalue weighted by molar-refractivity contribution is 5.84. The van der Waals surface area contributed by atoms with E-state index in [0.29, 0.717) is 19.4 Å². The van der Waals surface area contributed by atoms with Crippen LogP contribution < -0.4 is 5.32 Å². The van der Waals surface area contributed by atoms with Crippen LogP contribution in [0.4, 0.5) is 0 Å². The Bertz CT molecular complexity index is 359. The first-order chi connectivity index (χ1) is 12.5. The molecule has 0 aromatic carbocycles. The number of unbranched alkanes of at least 4 members (excludes halogenated alkanes) is 8. The zero-order valence-corrected chi connectivity index (χ0v) is 17.6. The Morgan fingerprint density at radius 2 is 1.46 bits per heavy atom. The molecule has 0 saturated carbocycles. The molecule has 5 nitrogen and oxygen atoms in total. The molecule has 1 amide bonds. The molecule has 0 aliphatic rings. The van der Waals surface area contributed by atoms with Gasteiger partial charge in [-0.2, -0.15) is 0 Å². The molecule has 0 rings (SSSR count). The van der Waals surface area contributed by atoms with E-state index in [-0.39, 0.29) is 11.9 Å². The third kappa shape index (κ3) is 15.2. The summed E-state index contributed by atoms with van der Waals surface area (Å²) in [5, 5.41) is 2.87. The largest absolute Gasteiger partial charge is 0.464 e. The molecule has 1 atom stereocenters. The lowest BCUT2D eigenvalue weighted by Crippen LogP contribution is -2.42. The van der Waals surface area contributed by atoms with Gasteiger partial charge in [-0.3, -0.25) is 4.79 Å². The molecule has 0 radical (unpaired) electrons. The maximum atomic E-state index is 12.1. The number of amides is 1. The summed E-state index contributed by atoms with van der Waals surface area (Å²) in [6, 6.07) is -0.513. The monoisotopic (exact) mass is 370 g/mol. The van der Waals surface area contributed by atoms with Crippen molar-refractivity contribution < 1.29 is 14.3 Å². The van der Waals surface area contributed by atoms with Crippen LogP contribution >= 0.6 is 0 Å². The quantitative estimate of drug-likeness (QED) is 0.306. The molecule has 0 saturated heterocycles. The van der Waals surface area contributed by atoms with Crippen molar-refractivity contribution in [2.45, 2.75) is 96.9 Å². The predicted octanol–water partition coefficient (Wildman–Crippen LogP) is 4.30. The van der Waals surface area contributed by atoms with Gasteiger partial charge in [-0.05, 0) is 46.8 Å². The van der Waals surface area contributed by atoms with E-state index < -0.39 is 6.04 Å². The van der Waals surface area contributed by atoms with Gasteiger partial charge in [0.1, 0.15) is 6.04 Å². The Hall–Kier alpha value is -1.10. The molecule has 0 aliphatic carbocycles. The van der Waals surface area contributed by atoms with E-state index in [4.69, 9.17) is 4.74 Å². The summed E-state index contributed by atoms with van der Waals surface area (Å²) in [6.07, 6.45) is 13.1. The molecule has 0 fully saturated rings. The van der Waals surface area contributed by atoms with Gasteiger partial charge in [0.05, 0.1) is 6.61 Å². The molecule has 0 aliphatic heterocycles. The highest BCUT2D eigenvalue weighted by Crippen LogP contribution is 2.11. The fourth-order valence-corrected chi connectivity index (χ4v) is 2.97. The van der Waals surface area contributed by atoms with Crippen molar-refractivity contribution >= 4 is 11.9 Å². The number of nitrogens with one attached hydrogen (secondary N) is 1. The highest BCUT2D eigenvalue weighted by atomic mass is 16.5. The van der Waals surface area contributed by atoms with Crippen molar-refractivity contribution in [2.24, 2.45) is 0 Å². The number of rotatable bonds is 17. The van der Waals surface area contributed by atoms with E-state index in [2.05, 4.69) is 17.1 Å². The van der Waals surface area contributed by atoms with Crippen LogP contribution in [0, 0.1) is 0 Å². The van der Waals surface area contributed by atoms with Gasteiger partial charge in [0.15, 0.2) is 0 Å². The molecule has 0 aromatic rings. The first kappa shape index (κ1) is 24.9. The van der Waals surface area contributed by atoms with E-state index in [9.17, 15) is 9.59 Å². The third-order valence-electron chi connectivity index (χ3n) is 4.51. The van der Waals surface area contributed by atoms with E-state index in [1.165, 1.54) is 44.9 Å². The molecular formula is C21H42N2O3.